The molecule has 4 rings (SSSR count). The summed E-state index contributed by atoms with van der Waals surface area (Å²) in [6.07, 6.45) is 1.76. The number of fused-ring (bicyclic) bond motifs is 1. The first-order valence-corrected chi connectivity index (χ1v) is 7.98. The molecule has 0 aliphatic carbocycles. The lowest BCUT2D eigenvalue weighted by molar-refractivity contribution is 0.293. The van der Waals surface area contributed by atoms with Gasteiger partial charge in [-0.2, -0.15) is 4.98 Å². The molecule has 0 N–H and O–H groups in total. The fourth-order valence-corrected chi connectivity index (χ4v) is 3.70. The average molecular weight is 315 g/mol. The topological polar surface area (TPSA) is 67.5 Å². The summed E-state index contributed by atoms with van der Waals surface area (Å²) in [7, 11) is 1.63. The zero-order valence-electron chi connectivity index (χ0n) is 13.5. The molecule has 122 valence electrons. The molecule has 7 nitrogen and oxygen atoms in total. The Morgan fingerprint density at radius 3 is 2.70 bits per heavy atom. The second-order valence-electron chi connectivity index (χ2n) is 6.45. The number of hydrogen-bond donors (Lipinski definition) is 0. The van der Waals surface area contributed by atoms with E-state index in [4.69, 9.17) is 9.26 Å². The molecule has 2 aliphatic rings. The molecular formula is C16H21N5O2. The quantitative estimate of drug-likeness (QED) is 0.843. The third-order valence-corrected chi connectivity index (χ3v) is 4.73. The van der Waals surface area contributed by atoms with Crippen LogP contribution in [0.15, 0.2) is 22.9 Å². The molecule has 0 amide bonds. The molecule has 2 fully saturated rings. The molecule has 2 aromatic rings. The molecule has 0 bridgehead atoms. The van der Waals surface area contributed by atoms with E-state index >= 15 is 0 Å². The molecule has 2 unspecified atom stereocenters. The van der Waals surface area contributed by atoms with Crippen LogP contribution in [-0.2, 0) is 6.54 Å². The number of rotatable bonds is 4. The number of likely N-dealkylation sites (tertiary alicyclic amines) is 1. The van der Waals surface area contributed by atoms with Gasteiger partial charge in [-0.3, -0.25) is 4.90 Å². The number of anilines is 1. The highest BCUT2D eigenvalue weighted by atomic mass is 16.5. The summed E-state index contributed by atoms with van der Waals surface area (Å²) in [4.78, 5) is 13.6. The van der Waals surface area contributed by atoms with Gasteiger partial charge in [0.25, 0.3) is 0 Å². The number of methoxy groups -OCH3 is 1. The number of nitrogens with zero attached hydrogens (tertiary/aromatic N) is 5. The number of hydrogen-bond acceptors (Lipinski definition) is 7. The van der Waals surface area contributed by atoms with E-state index in [1.54, 1.807) is 19.4 Å². The van der Waals surface area contributed by atoms with Gasteiger partial charge in [0.05, 0.1) is 12.8 Å². The summed E-state index contributed by atoms with van der Waals surface area (Å²) < 4.78 is 10.3. The molecular weight excluding hydrogens is 294 g/mol. The molecule has 2 aromatic heterocycles. The van der Waals surface area contributed by atoms with Crippen LogP contribution in [-0.4, -0.2) is 53.3 Å². The van der Waals surface area contributed by atoms with Crippen LogP contribution in [0.25, 0.3) is 0 Å². The number of ether oxygens (including phenoxy) is 1. The van der Waals surface area contributed by atoms with Crippen LogP contribution in [0.2, 0.25) is 0 Å². The van der Waals surface area contributed by atoms with Gasteiger partial charge in [0, 0.05) is 51.1 Å². The maximum absolute atomic E-state index is 5.19. The first kappa shape index (κ1) is 14.4. The first-order valence-electron chi connectivity index (χ1n) is 7.98. The third-order valence-electron chi connectivity index (χ3n) is 4.73. The van der Waals surface area contributed by atoms with Crippen LogP contribution in [0.4, 0.5) is 5.95 Å². The van der Waals surface area contributed by atoms with E-state index in [-0.39, 0.29) is 0 Å². The van der Waals surface area contributed by atoms with Crippen molar-refractivity contribution in [3.05, 3.63) is 29.8 Å². The van der Waals surface area contributed by atoms with Crippen LogP contribution in [0.3, 0.4) is 0 Å². The number of aryl methyl sites for hydroxylation is 1. The third kappa shape index (κ3) is 2.88. The Morgan fingerprint density at radius 1 is 1.26 bits per heavy atom. The van der Waals surface area contributed by atoms with Crippen molar-refractivity contribution in [3.8, 4) is 5.88 Å². The molecule has 2 aliphatic heterocycles. The van der Waals surface area contributed by atoms with Crippen molar-refractivity contribution < 1.29 is 9.26 Å². The molecule has 2 saturated heterocycles. The van der Waals surface area contributed by atoms with Gasteiger partial charge < -0.3 is 14.2 Å². The van der Waals surface area contributed by atoms with Gasteiger partial charge in [-0.1, -0.05) is 5.16 Å². The van der Waals surface area contributed by atoms with Crippen LogP contribution in [0.1, 0.15) is 11.5 Å². The Labute approximate surface area is 135 Å². The van der Waals surface area contributed by atoms with E-state index in [1.165, 1.54) is 0 Å². The normalized spacial score (nSPS) is 24.2. The van der Waals surface area contributed by atoms with Crippen molar-refractivity contribution in [1.82, 2.24) is 20.0 Å². The van der Waals surface area contributed by atoms with Crippen molar-refractivity contribution >= 4 is 5.95 Å². The largest absolute Gasteiger partial charge is 0.481 e. The van der Waals surface area contributed by atoms with Crippen molar-refractivity contribution in [2.24, 2.45) is 11.8 Å². The van der Waals surface area contributed by atoms with Crippen LogP contribution < -0.4 is 9.64 Å². The molecule has 0 radical (unpaired) electrons. The monoisotopic (exact) mass is 315 g/mol. The highest BCUT2D eigenvalue weighted by molar-refractivity contribution is 5.34. The van der Waals surface area contributed by atoms with Crippen LogP contribution in [0, 0.1) is 18.8 Å². The van der Waals surface area contributed by atoms with Crippen molar-refractivity contribution in [3.63, 3.8) is 0 Å². The molecule has 7 heteroatoms. The summed E-state index contributed by atoms with van der Waals surface area (Å²) >= 11 is 0. The standard InChI is InChI=1S/C16H21N5O2/c1-11-5-14(19-23-11)10-20-6-12-8-21(9-13(12)7-20)16-17-4-3-15(18-16)22-2/h3-5,12-13H,6-10H2,1-2H3. The second kappa shape index (κ2) is 5.81. The molecule has 23 heavy (non-hydrogen) atoms. The Balaban J connectivity index is 1.38. The van der Waals surface area contributed by atoms with Gasteiger partial charge in [0.2, 0.25) is 11.8 Å². The van der Waals surface area contributed by atoms with E-state index in [0.717, 1.165) is 50.1 Å². The second-order valence-corrected chi connectivity index (χ2v) is 6.45. The zero-order chi connectivity index (χ0) is 15.8. The zero-order valence-corrected chi connectivity index (χ0v) is 13.5. The minimum Gasteiger partial charge on any atom is -0.481 e. The molecule has 0 saturated carbocycles. The van der Waals surface area contributed by atoms with Crippen molar-refractivity contribution in [1.29, 1.82) is 0 Å². The fourth-order valence-electron chi connectivity index (χ4n) is 3.70. The highest BCUT2D eigenvalue weighted by Crippen LogP contribution is 2.33. The molecule has 0 spiro atoms. The Morgan fingerprint density at radius 2 is 2.04 bits per heavy atom. The Hall–Kier alpha value is -2.15. The smallest absolute Gasteiger partial charge is 0.228 e. The minimum absolute atomic E-state index is 0.620. The fraction of sp³-hybridized carbons (Fsp3) is 0.562. The van der Waals surface area contributed by atoms with E-state index < -0.39 is 0 Å². The van der Waals surface area contributed by atoms with Gasteiger partial charge in [0.1, 0.15) is 5.76 Å². The van der Waals surface area contributed by atoms with Gasteiger partial charge in [0.15, 0.2) is 0 Å². The summed E-state index contributed by atoms with van der Waals surface area (Å²) in [5, 5.41) is 4.09. The van der Waals surface area contributed by atoms with E-state index in [9.17, 15) is 0 Å². The van der Waals surface area contributed by atoms with Crippen LogP contribution in [0.5, 0.6) is 5.88 Å². The van der Waals surface area contributed by atoms with Crippen LogP contribution >= 0.6 is 0 Å². The summed E-state index contributed by atoms with van der Waals surface area (Å²) in [6.45, 7) is 7.01. The van der Waals surface area contributed by atoms with Crippen molar-refractivity contribution in [2.45, 2.75) is 13.5 Å². The lowest BCUT2D eigenvalue weighted by Gasteiger charge is -2.21. The SMILES string of the molecule is COc1ccnc(N2CC3CN(Cc4cc(C)on4)CC3C2)n1. The lowest BCUT2D eigenvalue weighted by atomic mass is 10.0. The molecule has 2 atom stereocenters. The van der Waals surface area contributed by atoms with Gasteiger partial charge in [-0.05, 0) is 18.8 Å². The summed E-state index contributed by atoms with van der Waals surface area (Å²) in [5.41, 5.74) is 1.02. The minimum atomic E-state index is 0.620. The first-order chi connectivity index (χ1) is 11.2. The summed E-state index contributed by atoms with van der Waals surface area (Å²) in [5.74, 6) is 3.60. The number of aromatic nitrogens is 3. The highest BCUT2D eigenvalue weighted by Gasteiger charge is 2.40. The van der Waals surface area contributed by atoms with Gasteiger partial charge >= 0.3 is 0 Å². The maximum Gasteiger partial charge on any atom is 0.228 e. The van der Waals surface area contributed by atoms with E-state index in [1.807, 2.05) is 13.0 Å². The lowest BCUT2D eigenvalue weighted by Crippen LogP contribution is -2.29. The summed E-state index contributed by atoms with van der Waals surface area (Å²) in [6, 6.07) is 3.80. The average Bonchev–Trinajstić information content (AvgIpc) is 3.22. The van der Waals surface area contributed by atoms with Gasteiger partial charge in [-0.15, -0.1) is 0 Å². The maximum atomic E-state index is 5.19. The Kier molecular flexibility index (Phi) is 3.65. The van der Waals surface area contributed by atoms with E-state index in [0.29, 0.717) is 17.7 Å². The Bertz CT molecular complexity index is 675. The van der Waals surface area contributed by atoms with Gasteiger partial charge in [-0.25, -0.2) is 4.98 Å². The molecule has 4 heterocycles. The van der Waals surface area contributed by atoms with E-state index in [2.05, 4.69) is 24.9 Å². The predicted octanol–water partition coefficient (Wildman–Crippen LogP) is 1.35. The van der Waals surface area contributed by atoms with Crippen molar-refractivity contribution in [2.75, 3.05) is 38.2 Å². The predicted molar refractivity (Wildman–Crippen MR) is 84.3 cm³/mol. The molecule has 0 aromatic carbocycles.